The van der Waals surface area contributed by atoms with Crippen molar-refractivity contribution in [3.63, 3.8) is 0 Å². The largest absolute Gasteiger partial charge is 0.360 e. The number of nitrogens with one attached hydrogen (secondary N) is 1. The van der Waals surface area contributed by atoms with Crippen molar-refractivity contribution in [3.8, 4) is 11.1 Å². The molecule has 0 aliphatic carbocycles. The Morgan fingerprint density at radius 1 is 1.03 bits per heavy atom. The van der Waals surface area contributed by atoms with Gasteiger partial charge in [0.25, 0.3) is 0 Å². The first-order chi connectivity index (χ1) is 14.6. The van der Waals surface area contributed by atoms with Crippen molar-refractivity contribution in [3.05, 3.63) is 72.0 Å². The Kier molecular flexibility index (Phi) is 5.93. The Labute approximate surface area is 175 Å². The van der Waals surface area contributed by atoms with Crippen molar-refractivity contribution in [1.29, 1.82) is 0 Å². The molecule has 6 nitrogen and oxygen atoms in total. The Morgan fingerprint density at radius 2 is 1.70 bits per heavy atom. The maximum Gasteiger partial charge on any atom is 0.228 e. The summed E-state index contributed by atoms with van der Waals surface area (Å²) in [6, 6.07) is 20.0. The Bertz CT molecular complexity index is 1000. The van der Waals surface area contributed by atoms with E-state index < -0.39 is 0 Å². The lowest BCUT2D eigenvalue weighted by molar-refractivity contribution is -0.133. The molecule has 154 valence electrons. The van der Waals surface area contributed by atoms with E-state index >= 15 is 0 Å². The van der Waals surface area contributed by atoms with Gasteiger partial charge >= 0.3 is 0 Å². The van der Waals surface area contributed by atoms with Gasteiger partial charge in [0.05, 0.1) is 6.42 Å². The molecule has 3 aromatic rings. The number of aromatic nitrogens is 1. The van der Waals surface area contributed by atoms with Crippen molar-refractivity contribution in [2.45, 2.75) is 26.2 Å². The normalized spacial score (nSPS) is 14.5. The van der Waals surface area contributed by atoms with Crippen LogP contribution in [0.2, 0.25) is 0 Å². The lowest BCUT2D eigenvalue weighted by atomic mass is 9.95. The van der Waals surface area contributed by atoms with Crippen LogP contribution in [-0.4, -0.2) is 35.0 Å². The maximum absolute atomic E-state index is 12.7. The molecule has 2 amide bonds. The van der Waals surface area contributed by atoms with E-state index in [0.29, 0.717) is 43.9 Å². The molecule has 1 aliphatic rings. The number of carbonyl (C=O) groups excluding carboxylic acids is 2. The van der Waals surface area contributed by atoms with Gasteiger partial charge in [0.15, 0.2) is 5.82 Å². The zero-order valence-corrected chi connectivity index (χ0v) is 17.0. The second kappa shape index (κ2) is 8.95. The number of piperidine rings is 1. The summed E-state index contributed by atoms with van der Waals surface area (Å²) in [7, 11) is 0. The molecule has 0 spiro atoms. The van der Waals surface area contributed by atoms with Crippen LogP contribution in [0.15, 0.2) is 65.2 Å². The van der Waals surface area contributed by atoms with E-state index in [-0.39, 0.29) is 17.7 Å². The SMILES string of the molecule is Cc1cc(NC(=O)C2CCN(C(=O)Cc3ccc(-c4ccccc4)cc3)CC2)no1. The third-order valence-corrected chi connectivity index (χ3v) is 5.51. The Morgan fingerprint density at radius 3 is 2.33 bits per heavy atom. The van der Waals surface area contributed by atoms with Crippen molar-refractivity contribution < 1.29 is 14.1 Å². The van der Waals surface area contributed by atoms with Gasteiger partial charge in [-0.05, 0) is 36.5 Å². The molecular formula is C24H25N3O3. The third-order valence-electron chi connectivity index (χ3n) is 5.51. The minimum absolute atomic E-state index is 0.0631. The second-order valence-corrected chi connectivity index (χ2v) is 7.71. The van der Waals surface area contributed by atoms with Gasteiger partial charge in [-0.25, -0.2) is 0 Å². The molecule has 1 N–H and O–H groups in total. The Hall–Kier alpha value is -3.41. The van der Waals surface area contributed by atoms with Gasteiger partial charge < -0.3 is 14.7 Å². The summed E-state index contributed by atoms with van der Waals surface area (Å²) in [5, 5.41) is 6.58. The summed E-state index contributed by atoms with van der Waals surface area (Å²) in [6.45, 7) is 2.97. The van der Waals surface area contributed by atoms with Crippen LogP contribution in [0.1, 0.15) is 24.2 Å². The molecule has 30 heavy (non-hydrogen) atoms. The molecule has 2 aromatic carbocycles. The van der Waals surface area contributed by atoms with Gasteiger partial charge in [-0.2, -0.15) is 0 Å². The second-order valence-electron chi connectivity index (χ2n) is 7.71. The Balaban J connectivity index is 1.27. The summed E-state index contributed by atoms with van der Waals surface area (Å²) in [4.78, 5) is 26.9. The maximum atomic E-state index is 12.7. The quantitative estimate of drug-likeness (QED) is 0.697. The highest BCUT2D eigenvalue weighted by Crippen LogP contribution is 2.22. The fourth-order valence-electron chi connectivity index (χ4n) is 3.78. The number of anilines is 1. The molecule has 0 radical (unpaired) electrons. The topological polar surface area (TPSA) is 75.4 Å². The number of hydrogen-bond donors (Lipinski definition) is 1. The van der Waals surface area contributed by atoms with Gasteiger partial charge in [-0.3, -0.25) is 9.59 Å². The molecular weight excluding hydrogens is 378 g/mol. The summed E-state index contributed by atoms with van der Waals surface area (Å²) in [5.74, 6) is 1.02. The van der Waals surface area contributed by atoms with E-state index in [4.69, 9.17) is 4.52 Å². The van der Waals surface area contributed by atoms with E-state index in [2.05, 4.69) is 34.7 Å². The highest BCUT2D eigenvalue weighted by molar-refractivity contribution is 5.92. The van der Waals surface area contributed by atoms with Crippen LogP contribution in [0.4, 0.5) is 5.82 Å². The molecule has 1 aliphatic heterocycles. The third kappa shape index (κ3) is 4.76. The van der Waals surface area contributed by atoms with Gasteiger partial charge in [0.1, 0.15) is 5.76 Å². The van der Waals surface area contributed by atoms with E-state index in [0.717, 1.165) is 16.7 Å². The number of benzene rings is 2. The summed E-state index contributed by atoms with van der Waals surface area (Å²) < 4.78 is 4.97. The predicted octanol–water partition coefficient (Wildman–Crippen LogP) is 4.07. The molecule has 1 saturated heterocycles. The van der Waals surface area contributed by atoms with Crippen LogP contribution < -0.4 is 5.32 Å². The number of rotatable bonds is 5. The smallest absolute Gasteiger partial charge is 0.228 e. The number of hydrogen-bond acceptors (Lipinski definition) is 4. The number of likely N-dealkylation sites (tertiary alicyclic amines) is 1. The first-order valence-corrected chi connectivity index (χ1v) is 10.2. The van der Waals surface area contributed by atoms with Crippen LogP contribution in [0.5, 0.6) is 0 Å². The predicted molar refractivity (Wildman–Crippen MR) is 115 cm³/mol. The molecule has 0 unspecified atom stereocenters. The number of amides is 2. The standard InChI is InChI=1S/C24H25N3O3/c1-17-15-22(26-30-17)25-24(29)21-11-13-27(14-12-21)23(28)16-18-7-9-20(10-8-18)19-5-3-2-4-6-19/h2-10,15,21H,11-14,16H2,1H3,(H,25,26,29). The van der Waals surface area contributed by atoms with Gasteiger partial charge in [0, 0.05) is 25.1 Å². The van der Waals surface area contributed by atoms with Crippen molar-refractivity contribution >= 4 is 17.6 Å². The zero-order valence-electron chi connectivity index (χ0n) is 17.0. The van der Waals surface area contributed by atoms with Crippen LogP contribution in [0.25, 0.3) is 11.1 Å². The van der Waals surface area contributed by atoms with E-state index in [1.807, 2.05) is 35.2 Å². The van der Waals surface area contributed by atoms with Crippen LogP contribution >= 0.6 is 0 Å². The van der Waals surface area contributed by atoms with Gasteiger partial charge in [0.2, 0.25) is 11.8 Å². The molecule has 6 heteroatoms. The molecule has 2 heterocycles. The average molecular weight is 403 g/mol. The van der Waals surface area contributed by atoms with Crippen LogP contribution in [0.3, 0.4) is 0 Å². The number of nitrogens with zero attached hydrogens (tertiary/aromatic N) is 2. The summed E-state index contributed by atoms with van der Waals surface area (Å²) >= 11 is 0. The van der Waals surface area contributed by atoms with Crippen LogP contribution in [0, 0.1) is 12.8 Å². The summed E-state index contributed by atoms with van der Waals surface area (Å²) in [5.41, 5.74) is 3.30. The van der Waals surface area contributed by atoms with Gasteiger partial charge in [-0.15, -0.1) is 0 Å². The minimum Gasteiger partial charge on any atom is -0.360 e. The molecule has 1 aromatic heterocycles. The monoisotopic (exact) mass is 403 g/mol. The zero-order chi connectivity index (χ0) is 20.9. The fourth-order valence-corrected chi connectivity index (χ4v) is 3.78. The summed E-state index contributed by atoms with van der Waals surface area (Å²) in [6.07, 6.45) is 1.69. The molecule has 0 bridgehead atoms. The molecule has 4 rings (SSSR count). The average Bonchev–Trinajstić information content (AvgIpc) is 3.19. The van der Waals surface area contributed by atoms with Gasteiger partial charge in [-0.1, -0.05) is 59.8 Å². The van der Waals surface area contributed by atoms with Crippen LogP contribution in [-0.2, 0) is 16.0 Å². The van der Waals surface area contributed by atoms with E-state index in [9.17, 15) is 9.59 Å². The first-order valence-electron chi connectivity index (χ1n) is 10.2. The van der Waals surface area contributed by atoms with E-state index in [1.165, 1.54) is 0 Å². The fraction of sp³-hybridized carbons (Fsp3) is 0.292. The van der Waals surface area contributed by atoms with Crippen molar-refractivity contribution in [2.75, 3.05) is 18.4 Å². The van der Waals surface area contributed by atoms with Crippen molar-refractivity contribution in [1.82, 2.24) is 10.1 Å². The first kappa shape index (κ1) is 19.9. The highest BCUT2D eigenvalue weighted by atomic mass is 16.5. The lowest BCUT2D eigenvalue weighted by Gasteiger charge is -2.31. The van der Waals surface area contributed by atoms with Crippen molar-refractivity contribution in [2.24, 2.45) is 5.92 Å². The number of carbonyl (C=O) groups is 2. The minimum atomic E-state index is -0.115. The number of aryl methyl sites for hydroxylation is 1. The highest BCUT2D eigenvalue weighted by Gasteiger charge is 2.27. The molecule has 0 atom stereocenters. The van der Waals surface area contributed by atoms with E-state index in [1.54, 1.807) is 13.0 Å². The molecule has 1 fully saturated rings. The lowest BCUT2D eigenvalue weighted by Crippen LogP contribution is -2.42. The molecule has 0 saturated carbocycles.